The normalized spacial score (nSPS) is 13.4. The van der Waals surface area contributed by atoms with Gasteiger partial charge < -0.3 is 8.74 Å². The lowest BCUT2D eigenvalue weighted by Crippen LogP contribution is -1.97. The summed E-state index contributed by atoms with van der Waals surface area (Å²) in [6.45, 7) is 2.43. The summed E-state index contributed by atoms with van der Waals surface area (Å²) in [5.74, 6) is 0. The van der Waals surface area contributed by atoms with E-state index in [1.807, 2.05) is 0 Å². The van der Waals surface area contributed by atoms with Crippen LogP contribution in [0.3, 0.4) is 0 Å². The third kappa shape index (κ3) is 8.07. The Kier molecular flexibility index (Phi) is 7.23. The number of hydrogen-bond acceptors (Lipinski definition) is 3. The van der Waals surface area contributed by atoms with E-state index in [-0.39, 0.29) is 0 Å². The molecule has 10 heavy (non-hydrogen) atoms. The molecule has 0 aromatic carbocycles. The highest BCUT2D eigenvalue weighted by Crippen LogP contribution is 1.98. The highest BCUT2D eigenvalue weighted by molar-refractivity contribution is 7.74. The van der Waals surface area contributed by atoms with Crippen LogP contribution < -0.4 is 0 Å². The zero-order valence-electron chi connectivity index (χ0n) is 6.17. The van der Waals surface area contributed by atoms with Gasteiger partial charge in [0.05, 0.1) is 18.0 Å². The quantitative estimate of drug-likeness (QED) is 0.441. The fourth-order valence-corrected chi connectivity index (χ4v) is 0.910. The Labute approximate surface area is 64.3 Å². The lowest BCUT2D eigenvalue weighted by molar-refractivity contribution is 0.291. The van der Waals surface area contributed by atoms with Crippen molar-refractivity contribution in [2.24, 2.45) is 0 Å². The Bertz CT molecular complexity index is 95.0. The molecule has 0 heterocycles. The molecule has 0 saturated carbocycles. The molecule has 0 amide bonds. The Balaban J connectivity index is 2.84. The first-order valence-electron chi connectivity index (χ1n) is 3.50. The van der Waals surface area contributed by atoms with Crippen LogP contribution in [0, 0.1) is 0 Å². The maximum atomic E-state index is 9.81. The van der Waals surface area contributed by atoms with Crippen molar-refractivity contribution < 1.29 is 12.9 Å². The van der Waals surface area contributed by atoms with E-state index in [4.69, 9.17) is 0 Å². The van der Waals surface area contributed by atoms with Gasteiger partial charge in [0, 0.05) is 0 Å². The van der Waals surface area contributed by atoms with Crippen molar-refractivity contribution in [1.82, 2.24) is 0 Å². The summed E-state index contributed by atoms with van der Waals surface area (Å²) in [5, 5.41) is 0. The molecule has 0 spiro atoms. The molecule has 0 fully saturated rings. The SMILES string of the molecule is CCCCCCOS(=O)[O-]. The minimum absolute atomic E-state index is 0.329. The molecule has 1 unspecified atom stereocenters. The van der Waals surface area contributed by atoms with Gasteiger partial charge in [0.15, 0.2) is 0 Å². The molecule has 62 valence electrons. The zero-order chi connectivity index (χ0) is 7.82. The Morgan fingerprint density at radius 2 is 2.10 bits per heavy atom. The van der Waals surface area contributed by atoms with E-state index in [9.17, 15) is 8.76 Å². The van der Waals surface area contributed by atoms with Crippen molar-refractivity contribution in [2.75, 3.05) is 6.61 Å². The van der Waals surface area contributed by atoms with Crippen molar-refractivity contribution in [3.8, 4) is 0 Å². The summed E-state index contributed by atoms with van der Waals surface area (Å²) in [6.07, 6.45) is 4.19. The van der Waals surface area contributed by atoms with Crippen LogP contribution in [-0.4, -0.2) is 15.4 Å². The number of hydrogen-bond donors (Lipinski definition) is 0. The van der Waals surface area contributed by atoms with Crippen LogP contribution in [0.5, 0.6) is 0 Å². The predicted octanol–water partition coefficient (Wildman–Crippen LogP) is 1.38. The molecular weight excluding hydrogens is 152 g/mol. The Morgan fingerprint density at radius 3 is 2.60 bits per heavy atom. The topological polar surface area (TPSA) is 49.4 Å². The average Bonchev–Trinajstić information content (AvgIpc) is 1.87. The maximum absolute atomic E-state index is 9.81. The summed E-state index contributed by atoms with van der Waals surface area (Å²) in [6, 6.07) is 0. The largest absolute Gasteiger partial charge is 0.750 e. The minimum atomic E-state index is -2.32. The van der Waals surface area contributed by atoms with Gasteiger partial charge in [0.25, 0.3) is 0 Å². The van der Waals surface area contributed by atoms with Gasteiger partial charge in [-0.05, 0) is 6.42 Å². The zero-order valence-corrected chi connectivity index (χ0v) is 6.99. The molecule has 1 atom stereocenters. The molecule has 0 N–H and O–H groups in total. The van der Waals surface area contributed by atoms with Crippen LogP contribution in [0.25, 0.3) is 0 Å². The summed E-state index contributed by atoms with van der Waals surface area (Å²) in [7, 11) is 0. The van der Waals surface area contributed by atoms with Gasteiger partial charge in [-0.3, -0.25) is 0 Å². The lowest BCUT2D eigenvalue weighted by Gasteiger charge is -2.04. The Hall–Kier alpha value is 0.0700. The summed E-state index contributed by atoms with van der Waals surface area (Å²) < 4.78 is 23.9. The molecule has 0 aromatic rings. The molecule has 4 heteroatoms. The van der Waals surface area contributed by atoms with E-state index in [0.29, 0.717) is 6.61 Å². The third-order valence-corrected chi connectivity index (χ3v) is 1.54. The van der Waals surface area contributed by atoms with Gasteiger partial charge in [-0.25, -0.2) is 4.21 Å². The van der Waals surface area contributed by atoms with E-state index in [1.165, 1.54) is 0 Å². The van der Waals surface area contributed by atoms with Crippen LogP contribution in [0.2, 0.25) is 0 Å². The molecule has 0 aromatic heterocycles. The van der Waals surface area contributed by atoms with Gasteiger partial charge in [0.1, 0.15) is 0 Å². The first kappa shape index (κ1) is 10.1. The molecule has 0 radical (unpaired) electrons. The van der Waals surface area contributed by atoms with Crippen molar-refractivity contribution in [1.29, 1.82) is 0 Å². The van der Waals surface area contributed by atoms with Gasteiger partial charge in [-0.15, -0.1) is 0 Å². The van der Waals surface area contributed by atoms with Crippen LogP contribution in [0.4, 0.5) is 0 Å². The van der Waals surface area contributed by atoms with E-state index in [2.05, 4.69) is 11.1 Å². The van der Waals surface area contributed by atoms with Crippen LogP contribution in [-0.2, 0) is 15.5 Å². The van der Waals surface area contributed by atoms with Crippen LogP contribution >= 0.6 is 0 Å². The van der Waals surface area contributed by atoms with E-state index in [0.717, 1.165) is 25.7 Å². The minimum Gasteiger partial charge on any atom is -0.750 e. The summed E-state index contributed by atoms with van der Waals surface area (Å²) in [5.41, 5.74) is 0. The highest BCUT2D eigenvalue weighted by Gasteiger charge is 1.87. The Morgan fingerprint density at radius 1 is 1.40 bits per heavy atom. The molecule has 0 saturated heterocycles. The van der Waals surface area contributed by atoms with Crippen molar-refractivity contribution in [2.45, 2.75) is 32.6 Å². The molecule has 0 aliphatic heterocycles. The molecule has 0 aliphatic rings. The van der Waals surface area contributed by atoms with Gasteiger partial charge in [-0.2, -0.15) is 0 Å². The number of rotatable bonds is 6. The summed E-state index contributed by atoms with van der Waals surface area (Å²) >= 11 is -2.32. The van der Waals surface area contributed by atoms with Crippen molar-refractivity contribution in [3.05, 3.63) is 0 Å². The molecule has 0 rings (SSSR count). The predicted molar refractivity (Wildman–Crippen MR) is 39.0 cm³/mol. The third-order valence-electron chi connectivity index (χ3n) is 1.18. The highest BCUT2D eigenvalue weighted by atomic mass is 32.2. The molecular formula is C6H13O3S-. The molecule has 3 nitrogen and oxygen atoms in total. The first-order valence-corrected chi connectivity index (χ1v) is 4.50. The number of unbranched alkanes of at least 4 members (excludes halogenated alkanes) is 3. The second-order valence-electron chi connectivity index (χ2n) is 2.09. The maximum Gasteiger partial charge on any atom is 0.0842 e. The first-order chi connectivity index (χ1) is 4.77. The lowest BCUT2D eigenvalue weighted by atomic mass is 10.2. The fraction of sp³-hybridized carbons (Fsp3) is 1.00. The van der Waals surface area contributed by atoms with E-state index >= 15 is 0 Å². The van der Waals surface area contributed by atoms with Gasteiger partial charge >= 0.3 is 0 Å². The van der Waals surface area contributed by atoms with E-state index < -0.39 is 11.4 Å². The smallest absolute Gasteiger partial charge is 0.0842 e. The van der Waals surface area contributed by atoms with E-state index in [1.54, 1.807) is 0 Å². The molecule has 0 bridgehead atoms. The van der Waals surface area contributed by atoms with Crippen molar-refractivity contribution >= 4 is 11.4 Å². The van der Waals surface area contributed by atoms with Crippen LogP contribution in [0.1, 0.15) is 32.6 Å². The standard InChI is InChI=1S/C6H14O3S/c1-2-3-4-5-6-9-10(7)8/h2-6H2,1H3,(H,7,8)/p-1. The second kappa shape index (κ2) is 7.18. The van der Waals surface area contributed by atoms with Crippen molar-refractivity contribution in [3.63, 3.8) is 0 Å². The van der Waals surface area contributed by atoms with Crippen LogP contribution in [0.15, 0.2) is 0 Å². The fourth-order valence-electron chi connectivity index (χ4n) is 0.656. The van der Waals surface area contributed by atoms with Gasteiger partial charge in [0.2, 0.25) is 0 Å². The molecule has 0 aliphatic carbocycles. The monoisotopic (exact) mass is 165 g/mol. The second-order valence-corrected chi connectivity index (χ2v) is 2.73. The van der Waals surface area contributed by atoms with Gasteiger partial charge in [-0.1, -0.05) is 26.2 Å². The average molecular weight is 165 g/mol. The summed E-state index contributed by atoms with van der Waals surface area (Å²) in [4.78, 5) is 0.